The molecule has 0 amide bonds. The molecular formula is C8H4F3IN2. The van der Waals surface area contributed by atoms with Crippen LogP contribution in [0.25, 0.3) is 11.0 Å². The van der Waals surface area contributed by atoms with Crippen molar-refractivity contribution >= 4 is 33.6 Å². The predicted octanol–water partition coefficient (Wildman–Crippen LogP) is 2.60. The Bertz CT molecular complexity index is 521. The second-order valence-electron chi connectivity index (χ2n) is 2.81. The molecule has 0 N–H and O–H groups in total. The molecule has 74 valence electrons. The quantitative estimate of drug-likeness (QED) is 0.415. The number of rotatable bonds is 0. The number of nitrogens with zero attached hydrogens (tertiary/aromatic N) is 2. The highest BCUT2D eigenvalue weighted by Gasteiger charge is 2.21. The zero-order chi connectivity index (χ0) is 10.5. The van der Waals surface area contributed by atoms with Crippen molar-refractivity contribution in [3.05, 3.63) is 27.3 Å². The standard InChI is InChI=1S/C8H4F3IN2/c1-14-2-13-7-5(11)6(12)3(9)4(10)8(7)14/h2H,1H3. The number of hydrogen-bond acceptors (Lipinski definition) is 1. The largest absolute Gasteiger partial charge is 0.331 e. The summed E-state index contributed by atoms with van der Waals surface area (Å²) in [6.45, 7) is 0. The van der Waals surface area contributed by atoms with Crippen LogP contribution in [0.15, 0.2) is 6.33 Å². The molecule has 2 rings (SSSR count). The monoisotopic (exact) mass is 312 g/mol. The molecule has 0 unspecified atom stereocenters. The first-order valence-electron chi connectivity index (χ1n) is 3.67. The molecule has 0 aliphatic heterocycles. The summed E-state index contributed by atoms with van der Waals surface area (Å²) in [6.07, 6.45) is 1.24. The number of hydrogen-bond donors (Lipinski definition) is 0. The molecule has 0 saturated carbocycles. The maximum absolute atomic E-state index is 13.4. The highest BCUT2D eigenvalue weighted by Crippen LogP contribution is 2.27. The summed E-state index contributed by atoms with van der Waals surface area (Å²) >= 11 is 1.41. The van der Waals surface area contributed by atoms with Crippen LogP contribution in [-0.4, -0.2) is 9.55 Å². The third-order valence-corrected chi connectivity index (χ3v) is 2.88. The van der Waals surface area contributed by atoms with E-state index in [9.17, 15) is 13.2 Å². The van der Waals surface area contributed by atoms with Crippen LogP contribution >= 0.6 is 22.6 Å². The van der Waals surface area contributed by atoms with Crippen LogP contribution in [-0.2, 0) is 7.05 Å². The van der Waals surface area contributed by atoms with E-state index in [1.807, 2.05) is 0 Å². The summed E-state index contributed by atoms with van der Waals surface area (Å²) < 4.78 is 40.7. The van der Waals surface area contributed by atoms with Gasteiger partial charge in [-0.15, -0.1) is 0 Å². The molecule has 1 aromatic heterocycles. The van der Waals surface area contributed by atoms with Gasteiger partial charge >= 0.3 is 0 Å². The summed E-state index contributed by atoms with van der Waals surface area (Å²) in [7, 11) is 1.48. The first-order valence-corrected chi connectivity index (χ1v) is 4.75. The molecule has 0 bridgehead atoms. The van der Waals surface area contributed by atoms with Gasteiger partial charge in [-0.3, -0.25) is 0 Å². The third-order valence-electron chi connectivity index (χ3n) is 1.93. The fourth-order valence-corrected chi connectivity index (χ4v) is 1.74. The van der Waals surface area contributed by atoms with Crippen LogP contribution in [0.2, 0.25) is 0 Å². The topological polar surface area (TPSA) is 17.8 Å². The van der Waals surface area contributed by atoms with E-state index in [4.69, 9.17) is 0 Å². The van der Waals surface area contributed by atoms with Gasteiger partial charge in [0.1, 0.15) is 11.0 Å². The van der Waals surface area contributed by atoms with Crippen molar-refractivity contribution in [1.29, 1.82) is 0 Å². The molecule has 0 saturated heterocycles. The zero-order valence-electron chi connectivity index (χ0n) is 6.98. The number of fused-ring (bicyclic) bond motifs is 1. The molecule has 0 fully saturated rings. The summed E-state index contributed by atoms with van der Waals surface area (Å²) in [5.74, 6) is -3.05. The van der Waals surface area contributed by atoms with E-state index in [2.05, 4.69) is 4.98 Å². The first-order chi connectivity index (χ1) is 6.54. The van der Waals surface area contributed by atoms with Gasteiger partial charge in [-0.05, 0) is 22.6 Å². The molecule has 1 aromatic carbocycles. The Balaban J connectivity index is 3.05. The zero-order valence-corrected chi connectivity index (χ0v) is 9.14. The van der Waals surface area contributed by atoms with Crippen molar-refractivity contribution in [2.24, 2.45) is 7.05 Å². The van der Waals surface area contributed by atoms with Gasteiger partial charge in [0, 0.05) is 7.05 Å². The lowest BCUT2D eigenvalue weighted by Crippen LogP contribution is -1.98. The van der Waals surface area contributed by atoms with E-state index in [1.54, 1.807) is 0 Å². The van der Waals surface area contributed by atoms with Crippen LogP contribution in [0.5, 0.6) is 0 Å². The number of aromatic nitrogens is 2. The van der Waals surface area contributed by atoms with Crippen molar-refractivity contribution in [2.45, 2.75) is 0 Å². The molecular weight excluding hydrogens is 308 g/mol. The van der Waals surface area contributed by atoms with Crippen molar-refractivity contribution in [3.8, 4) is 0 Å². The number of aryl methyl sites for hydroxylation is 1. The Morgan fingerprint density at radius 3 is 2.50 bits per heavy atom. The normalized spacial score (nSPS) is 11.2. The highest BCUT2D eigenvalue weighted by atomic mass is 127. The average molecular weight is 312 g/mol. The lowest BCUT2D eigenvalue weighted by atomic mass is 10.3. The van der Waals surface area contributed by atoms with E-state index >= 15 is 0 Å². The molecule has 1 heterocycles. The molecule has 6 heteroatoms. The highest BCUT2D eigenvalue weighted by molar-refractivity contribution is 14.1. The summed E-state index contributed by atoms with van der Waals surface area (Å²) in [5, 5.41) is 0. The van der Waals surface area contributed by atoms with Crippen molar-refractivity contribution in [3.63, 3.8) is 0 Å². The Morgan fingerprint density at radius 1 is 1.21 bits per heavy atom. The van der Waals surface area contributed by atoms with E-state index in [1.165, 1.54) is 40.5 Å². The van der Waals surface area contributed by atoms with Gasteiger partial charge in [0.25, 0.3) is 0 Å². The van der Waals surface area contributed by atoms with Crippen molar-refractivity contribution in [2.75, 3.05) is 0 Å². The lowest BCUT2D eigenvalue weighted by molar-refractivity contribution is 0.494. The second-order valence-corrected chi connectivity index (χ2v) is 3.89. The molecule has 0 radical (unpaired) electrons. The predicted molar refractivity (Wildman–Crippen MR) is 53.3 cm³/mol. The Labute approximate surface area is 90.9 Å². The number of benzene rings is 1. The van der Waals surface area contributed by atoms with Crippen LogP contribution in [0.1, 0.15) is 0 Å². The second kappa shape index (κ2) is 3.11. The van der Waals surface area contributed by atoms with Gasteiger partial charge in [0.2, 0.25) is 0 Å². The van der Waals surface area contributed by atoms with E-state index in [-0.39, 0.29) is 14.6 Å². The average Bonchev–Trinajstić information content (AvgIpc) is 2.54. The smallest absolute Gasteiger partial charge is 0.185 e. The van der Waals surface area contributed by atoms with Crippen LogP contribution < -0.4 is 0 Å². The fourth-order valence-electron chi connectivity index (χ4n) is 1.25. The van der Waals surface area contributed by atoms with Gasteiger partial charge in [-0.1, -0.05) is 0 Å². The Morgan fingerprint density at radius 2 is 1.86 bits per heavy atom. The van der Waals surface area contributed by atoms with Crippen LogP contribution in [0.3, 0.4) is 0 Å². The Hall–Kier alpha value is -0.790. The van der Waals surface area contributed by atoms with Crippen LogP contribution in [0.4, 0.5) is 13.2 Å². The van der Waals surface area contributed by atoms with E-state index in [0.29, 0.717) is 0 Å². The summed E-state index contributed by atoms with van der Waals surface area (Å²) in [5.41, 5.74) is -0.295. The van der Waals surface area contributed by atoms with E-state index < -0.39 is 17.5 Å². The summed E-state index contributed by atoms with van der Waals surface area (Å²) in [6, 6.07) is 0. The fraction of sp³-hybridized carbons (Fsp3) is 0.125. The van der Waals surface area contributed by atoms with Gasteiger partial charge in [-0.2, -0.15) is 0 Å². The molecule has 0 atom stereocenters. The minimum atomic E-state index is -1.17. The first kappa shape index (κ1) is 9.75. The summed E-state index contributed by atoms with van der Waals surface area (Å²) in [4.78, 5) is 3.66. The van der Waals surface area contributed by atoms with Crippen LogP contribution in [0, 0.1) is 21.0 Å². The van der Waals surface area contributed by atoms with Gasteiger partial charge in [-0.25, -0.2) is 18.2 Å². The third kappa shape index (κ3) is 1.13. The number of imidazole rings is 1. The van der Waals surface area contributed by atoms with Crippen molar-refractivity contribution in [1.82, 2.24) is 9.55 Å². The molecule has 0 aliphatic carbocycles. The lowest BCUT2D eigenvalue weighted by Gasteiger charge is -2.01. The number of halogens is 4. The van der Waals surface area contributed by atoms with Gasteiger partial charge in [0.15, 0.2) is 17.5 Å². The maximum atomic E-state index is 13.4. The molecule has 14 heavy (non-hydrogen) atoms. The molecule has 2 aromatic rings. The van der Waals surface area contributed by atoms with Gasteiger partial charge in [0.05, 0.1) is 9.90 Å². The molecule has 0 spiro atoms. The minimum absolute atomic E-state index is 0.143. The maximum Gasteiger partial charge on any atom is 0.185 e. The Kier molecular flexibility index (Phi) is 2.17. The van der Waals surface area contributed by atoms with E-state index in [0.717, 1.165) is 0 Å². The SMILES string of the molecule is Cn1cnc2c(F)c(I)c(F)c(F)c21. The molecule has 0 aliphatic rings. The molecule has 2 nitrogen and oxygen atoms in total. The van der Waals surface area contributed by atoms with Gasteiger partial charge < -0.3 is 4.57 Å². The minimum Gasteiger partial charge on any atom is -0.331 e. The van der Waals surface area contributed by atoms with Crippen molar-refractivity contribution < 1.29 is 13.2 Å².